The summed E-state index contributed by atoms with van der Waals surface area (Å²) in [5.41, 5.74) is 16.6. The SMILES string of the molecule is CC(C)(C)c1cc(-c2cc(-c3ccc(-c4ccccc4)cc3)ccn2)[c-]c(-c2cccc3c2nc(-c2cccc(C(C)(C)C)c2O)n3-c2ccc(C(C)(C)C)cc2-c2ccccc2)c1.[Pt]. The molecule has 0 spiro atoms. The number of fused-ring (bicyclic) bond motifs is 1. The van der Waals surface area contributed by atoms with E-state index in [1.54, 1.807) is 0 Å². The molecule has 0 radical (unpaired) electrons. The number of hydrogen-bond donors (Lipinski definition) is 1. The van der Waals surface area contributed by atoms with Gasteiger partial charge in [0.05, 0.1) is 22.3 Å². The van der Waals surface area contributed by atoms with Crippen molar-refractivity contribution < 1.29 is 26.2 Å². The first-order valence-corrected chi connectivity index (χ1v) is 22.3. The Morgan fingerprint density at radius 2 is 1.06 bits per heavy atom. The molecule has 0 fully saturated rings. The first-order chi connectivity index (χ1) is 30.5. The fourth-order valence-electron chi connectivity index (χ4n) is 8.65. The number of phenolic OH excluding ortho intramolecular Hbond substituents is 1. The van der Waals surface area contributed by atoms with Crippen molar-refractivity contribution in [1.82, 2.24) is 14.5 Å². The van der Waals surface area contributed by atoms with E-state index >= 15 is 0 Å². The van der Waals surface area contributed by atoms with Crippen LogP contribution in [0.3, 0.4) is 0 Å². The maximum absolute atomic E-state index is 12.2. The summed E-state index contributed by atoms with van der Waals surface area (Å²) < 4.78 is 2.25. The number of para-hydroxylation sites is 2. The minimum Gasteiger partial charge on any atom is -0.507 e. The quantitative estimate of drug-likeness (QED) is 0.162. The molecule has 0 aliphatic heterocycles. The van der Waals surface area contributed by atoms with E-state index in [2.05, 4.69) is 212 Å². The van der Waals surface area contributed by atoms with Gasteiger partial charge in [-0.25, -0.2) is 4.98 Å². The van der Waals surface area contributed by atoms with Crippen molar-refractivity contribution in [2.24, 2.45) is 0 Å². The van der Waals surface area contributed by atoms with Gasteiger partial charge in [0.2, 0.25) is 0 Å². The Morgan fingerprint density at radius 3 is 1.71 bits per heavy atom. The van der Waals surface area contributed by atoms with Crippen LogP contribution in [0.5, 0.6) is 5.75 Å². The van der Waals surface area contributed by atoms with Gasteiger partial charge < -0.3 is 5.11 Å². The third-order valence-electron chi connectivity index (χ3n) is 12.3. The summed E-state index contributed by atoms with van der Waals surface area (Å²) in [6, 6.07) is 61.6. The smallest absolute Gasteiger partial charge is 0.148 e. The van der Waals surface area contributed by atoms with Gasteiger partial charge in [0.1, 0.15) is 11.6 Å². The number of hydrogen-bond acceptors (Lipinski definition) is 3. The van der Waals surface area contributed by atoms with Gasteiger partial charge in [-0.3, -0.25) is 9.55 Å². The first kappa shape index (κ1) is 45.2. The molecule has 2 heterocycles. The van der Waals surface area contributed by atoms with Crippen LogP contribution in [0.1, 0.15) is 79.0 Å². The number of pyridine rings is 1. The van der Waals surface area contributed by atoms with Gasteiger partial charge in [0.25, 0.3) is 0 Å². The minimum atomic E-state index is -0.290. The van der Waals surface area contributed by atoms with Crippen LogP contribution in [-0.2, 0) is 37.3 Å². The molecule has 7 aromatic carbocycles. The number of aromatic hydroxyl groups is 1. The Bertz CT molecular complexity index is 3150. The van der Waals surface area contributed by atoms with E-state index in [9.17, 15) is 5.11 Å². The standard InChI is InChI=1S/C60H56N3O.Pt/c1-58(2,3)46-30-31-53(50(38-46)42-20-14-11-15-21-42)63-54-25-17-22-48(55(54)62-57(63)49-23-16-24-51(56(49)64)60(7,8)9)44-34-45(36-47(35-44)59(4,5)6)52-37-43(32-33-61-52)41-28-26-40(27-29-41)39-18-12-10-13-19-39;/h10-33,35-38,64H,1-9H3;/q-1;. The largest absolute Gasteiger partial charge is 0.507 e. The zero-order chi connectivity index (χ0) is 45.0. The van der Waals surface area contributed by atoms with Crippen molar-refractivity contribution in [2.45, 2.75) is 78.6 Å². The monoisotopic (exact) mass is 1030 g/mol. The second kappa shape index (κ2) is 17.6. The summed E-state index contributed by atoms with van der Waals surface area (Å²) in [4.78, 5) is 10.5. The van der Waals surface area contributed by atoms with Gasteiger partial charge in [-0.15, -0.1) is 29.3 Å². The Kier molecular flexibility index (Phi) is 12.2. The summed E-state index contributed by atoms with van der Waals surface area (Å²) in [6.45, 7) is 19.9. The Balaban J connectivity index is 0.00000576. The van der Waals surface area contributed by atoms with Gasteiger partial charge in [-0.2, -0.15) is 0 Å². The van der Waals surface area contributed by atoms with Crippen molar-refractivity contribution in [2.75, 3.05) is 0 Å². The summed E-state index contributed by atoms with van der Waals surface area (Å²) in [6.07, 6.45) is 1.90. The predicted molar refractivity (Wildman–Crippen MR) is 268 cm³/mol. The fourth-order valence-corrected chi connectivity index (χ4v) is 8.65. The molecule has 1 N–H and O–H groups in total. The van der Waals surface area contributed by atoms with Crippen LogP contribution in [0.4, 0.5) is 0 Å². The van der Waals surface area contributed by atoms with E-state index in [-0.39, 0.29) is 43.1 Å². The number of aromatic nitrogens is 3. The molecular weight excluding hydrogens is 974 g/mol. The van der Waals surface area contributed by atoms with Crippen molar-refractivity contribution in [3.05, 3.63) is 193 Å². The van der Waals surface area contributed by atoms with Crippen LogP contribution in [-0.4, -0.2) is 19.6 Å². The molecule has 5 heteroatoms. The van der Waals surface area contributed by atoms with Gasteiger partial charge in [0.15, 0.2) is 0 Å². The second-order valence-corrected chi connectivity index (χ2v) is 20.1. The summed E-state index contributed by atoms with van der Waals surface area (Å²) in [7, 11) is 0. The molecule has 0 aliphatic rings. The van der Waals surface area contributed by atoms with E-state index in [1.807, 2.05) is 30.5 Å². The fraction of sp³-hybridized carbons (Fsp3) is 0.200. The molecule has 0 atom stereocenters. The molecular formula is C60H56N3OPt-. The summed E-state index contributed by atoms with van der Waals surface area (Å²) in [5, 5.41) is 12.2. The Hall–Kier alpha value is -6.35. The van der Waals surface area contributed by atoms with Crippen LogP contribution in [0.2, 0.25) is 0 Å². The van der Waals surface area contributed by atoms with E-state index in [0.29, 0.717) is 11.4 Å². The number of benzene rings is 7. The van der Waals surface area contributed by atoms with Crippen molar-refractivity contribution >= 4 is 11.0 Å². The van der Waals surface area contributed by atoms with Crippen molar-refractivity contribution in [1.29, 1.82) is 0 Å². The van der Waals surface area contributed by atoms with E-state index in [4.69, 9.17) is 9.97 Å². The maximum atomic E-state index is 12.2. The Labute approximate surface area is 399 Å². The van der Waals surface area contributed by atoms with E-state index in [1.165, 1.54) is 22.3 Å². The summed E-state index contributed by atoms with van der Waals surface area (Å²) in [5.74, 6) is 0.913. The third kappa shape index (κ3) is 9.02. The molecule has 2 aromatic heterocycles. The number of phenols is 1. The Morgan fingerprint density at radius 1 is 0.477 bits per heavy atom. The molecule has 65 heavy (non-hydrogen) atoms. The zero-order valence-electron chi connectivity index (χ0n) is 38.8. The molecule has 9 rings (SSSR count). The normalized spacial score (nSPS) is 12.0. The average molecular weight is 1030 g/mol. The maximum Gasteiger partial charge on any atom is 0.148 e. The molecule has 0 aliphatic carbocycles. The van der Waals surface area contributed by atoms with Gasteiger partial charge in [0, 0.05) is 38.5 Å². The van der Waals surface area contributed by atoms with Gasteiger partial charge in [-0.1, -0.05) is 195 Å². The van der Waals surface area contributed by atoms with Crippen LogP contribution >= 0.6 is 0 Å². The molecule has 0 bridgehead atoms. The van der Waals surface area contributed by atoms with E-state index in [0.717, 1.165) is 66.9 Å². The van der Waals surface area contributed by atoms with Crippen molar-refractivity contribution in [3.63, 3.8) is 0 Å². The third-order valence-corrected chi connectivity index (χ3v) is 12.3. The topological polar surface area (TPSA) is 50.9 Å². The predicted octanol–water partition coefficient (Wildman–Crippen LogP) is 15.8. The van der Waals surface area contributed by atoms with Gasteiger partial charge >= 0.3 is 0 Å². The molecule has 9 aromatic rings. The van der Waals surface area contributed by atoms with Gasteiger partial charge in [-0.05, 0) is 85.5 Å². The number of rotatable bonds is 7. The molecule has 0 saturated carbocycles. The van der Waals surface area contributed by atoms with Crippen LogP contribution in [0.25, 0.3) is 83.9 Å². The van der Waals surface area contributed by atoms with Crippen LogP contribution in [0, 0.1) is 6.07 Å². The number of imidazole rings is 1. The van der Waals surface area contributed by atoms with E-state index < -0.39 is 0 Å². The molecule has 328 valence electrons. The number of nitrogens with zero attached hydrogens (tertiary/aromatic N) is 3. The average Bonchev–Trinajstić information content (AvgIpc) is 3.68. The summed E-state index contributed by atoms with van der Waals surface area (Å²) >= 11 is 0. The zero-order valence-corrected chi connectivity index (χ0v) is 41.0. The first-order valence-electron chi connectivity index (χ1n) is 22.3. The van der Waals surface area contributed by atoms with Crippen LogP contribution in [0.15, 0.2) is 170 Å². The molecule has 0 amide bonds. The second-order valence-electron chi connectivity index (χ2n) is 20.1. The molecule has 0 saturated heterocycles. The minimum absolute atomic E-state index is 0. The molecule has 4 nitrogen and oxygen atoms in total. The van der Waals surface area contributed by atoms with Crippen molar-refractivity contribution in [3.8, 4) is 78.6 Å². The molecule has 0 unspecified atom stereocenters. The van der Waals surface area contributed by atoms with Crippen LogP contribution < -0.4 is 0 Å².